The zero-order chi connectivity index (χ0) is 14.7. The number of allylic oxidation sites excluding steroid dienone is 2. The van der Waals surface area contributed by atoms with E-state index in [1.807, 2.05) is 24.3 Å². The molecule has 1 heterocycles. The molecule has 0 fully saturated rings. The number of nitrogens with one attached hydrogen (secondary N) is 1. The number of rotatable bonds is 4. The van der Waals surface area contributed by atoms with Crippen molar-refractivity contribution < 1.29 is 0 Å². The van der Waals surface area contributed by atoms with Crippen LogP contribution in [-0.2, 0) is 6.54 Å². The van der Waals surface area contributed by atoms with Crippen molar-refractivity contribution in [2.75, 3.05) is 13.6 Å². The Balaban J connectivity index is 1.72. The molecule has 1 aliphatic carbocycles. The number of aromatic amines is 1. The summed E-state index contributed by atoms with van der Waals surface area (Å²) in [6, 6.07) is 7.47. The van der Waals surface area contributed by atoms with Gasteiger partial charge in [-0.05, 0) is 44.4 Å². The summed E-state index contributed by atoms with van der Waals surface area (Å²) in [5.41, 5.74) is 0.717. The number of H-pyrrole nitrogens is 1. The molecule has 21 heavy (non-hydrogen) atoms. The molecular formula is C17H21N3O. The molecular weight excluding hydrogens is 262 g/mol. The molecule has 1 aliphatic rings. The van der Waals surface area contributed by atoms with Gasteiger partial charge in [-0.2, -0.15) is 0 Å². The largest absolute Gasteiger partial charge is 0.309 e. The van der Waals surface area contributed by atoms with Crippen LogP contribution in [0.4, 0.5) is 0 Å². The summed E-state index contributed by atoms with van der Waals surface area (Å²) < 4.78 is 0. The molecule has 0 bridgehead atoms. The molecule has 1 aromatic carbocycles. The predicted molar refractivity (Wildman–Crippen MR) is 85.2 cm³/mol. The molecule has 0 unspecified atom stereocenters. The summed E-state index contributed by atoms with van der Waals surface area (Å²) in [5, 5.41) is 0.654. The maximum atomic E-state index is 12.0. The molecule has 1 N–H and O–H groups in total. The van der Waals surface area contributed by atoms with Gasteiger partial charge in [0.05, 0.1) is 17.4 Å². The molecule has 4 heteroatoms. The van der Waals surface area contributed by atoms with Crippen molar-refractivity contribution >= 4 is 10.9 Å². The Labute approximate surface area is 124 Å². The van der Waals surface area contributed by atoms with E-state index in [9.17, 15) is 4.79 Å². The molecule has 0 amide bonds. The summed E-state index contributed by atoms with van der Waals surface area (Å²) in [4.78, 5) is 21.7. The van der Waals surface area contributed by atoms with Crippen molar-refractivity contribution in [2.45, 2.75) is 25.8 Å². The van der Waals surface area contributed by atoms with Gasteiger partial charge in [0, 0.05) is 6.54 Å². The lowest BCUT2D eigenvalue weighted by Gasteiger charge is -2.24. The molecule has 0 radical (unpaired) electrons. The lowest BCUT2D eigenvalue weighted by molar-refractivity contribution is 0.253. The van der Waals surface area contributed by atoms with Gasteiger partial charge in [-0.25, -0.2) is 4.98 Å². The summed E-state index contributed by atoms with van der Waals surface area (Å²) in [6.07, 6.45) is 8.13. The van der Waals surface area contributed by atoms with Crippen molar-refractivity contribution in [1.29, 1.82) is 0 Å². The molecule has 1 atom stereocenters. The van der Waals surface area contributed by atoms with Crippen LogP contribution in [0.2, 0.25) is 0 Å². The maximum absolute atomic E-state index is 12.0. The third kappa shape index (κ3) is 3.39. The van der Waals surface area contributed by atoms with E-state index in [2.05, 4.69) is 34.1 Å². The standard InChI is InChI=1S/C17H21N3O/c1-20(11-13-7-3-2-4-8-13)12-16-18-15-10-6-5-9-14(15)17(21)19-16/h2-3,5-6,9-10,13H,4,7-8,11-12H2,1H3,(H,18,19,21)/t13-/m1/s1. The Morgan fingerprint density at radius 2 is 2.19 bits per heavy atom. The summed E-state index contributed by atoms with van der Waals surface area (Å²) >= 11 is 0. The topological polar surface area (TPSA) is 49.0 Å². The minimum Gasteiger partial charge on any atom is -0.309 e. The second-order valence-electron chi connectivity index (χ2n) is 5.88. The van der Waals surface area contributed by atoms with Gasteiger partial charge in [0.1, 0.15) is 5.82 Å². The van der Waals surface area contributed by atoms with Crippen molar-refractivity contribution in [1.82, 2.24) is 14.9 Å². The Bertz CT molecular complexity index is 704. The number of fused-ring (bicyclic) bond motifs is 1. The molecule has 3 rings (SSSR count). The highest BCUT2D eigenvalue weighted by Gasteiger charge is 2.13. The molecule has 1 aromatic heterocycles. The van der Waals surface area contributed by atoms with Crippen LogP contribution in [-0.4, -0.2) is 28.5 Å². The van der Waals surface area contributed by atoms with E-state index in [1.165, 1.54) is 12.8 Å². The lowest BCUT2D eigenvalue weighted by atomic mass is 9.94. The summed E-state index contributed by atoms with van der Waals surface area (Å²) in [7, 11) is 2.09. The van der Waals surface area contributed by atoms with Crippen LogP contribution >= 0.6 is 0 Å². The van der Waals surface area contributed by atoms with Crippen molar-refractivity contribution in [3.8, 4) is 0 Å². The molecule has 0 aliphatic heterocycles. The third-order valence-corrected chi connectivity index (χ3v) is 4.03. The lowest BCUT2D eigenvalue weighted by Crippen LogP contribution is -2.27. The van der Waals surface area contributed by atoms with Crippen molar-refractivity contribution in [3.05, 3.63) is 52.6 Å². The van der Waals surface area contributed by atoms with E-state index in [1.54, 1.807) is 0 Å². The van der Waals surface area contributed by atoms with Gasteiger partial charge in [0.2, 0.25) is 0 Å². The average Bonchev–Trinajstić information content (AvgIpc) is 2.48. The van der Waals surface area contributed by atoms with Crippen LogP contribution in [0.3, 0.4) is 0 Å². The molecule has 2 aromatic rings. The summed E-state index contributed by atoms with van der Waals surface area (Å²) in [5.74, 6) is 1.46. The van der Waals surface area contributed by atoms with Gasteiger partial charge >= 0.3 is 0 Å². The number of hydrogen-bond acceptors (Lipinski definition) is 3. The minimum absolute atomic E-state index is 0.0513. The van der Waals surface area contributed by atoms with Crippen LogP contribution in [0, 0.1) is 5.92 Å². The quantitative estimate of drug-likeness (QED) is 0.878. The van der Waals surface area contributed by atoms with Crippen molar-refractivity contribution in [2.24, 2.45) is 5.92 Å². The van der Waals surface area contributed by atoms with E-state index < -0.39 is 0 Å². The van der Waals surface area contributed by atoms with Gasteiger partial charge in [0.25, 0.3) is 5.56 Å². The van der Waals surface area contributed by atoms with Crippen LogP contribution in [0.25, 0.3) is 10.9 Å². The second-order valence-corrected chi connectivity index (χ2v) is 5.88. The highest BCUT2D eigenvalue weighted by molar-refractivity contribution is 5.77. The second kappa shape index (κ2) is 6.22. The van der Waals surface area contributed by atoms with Crippen LogP contribution in [0.5, 0.6) is 0 Å². The van der Waals surface area contributed by atoms with Gasteiger partial charge in [-0.3, -0.25) is 9.69 Å². The number of nitrogens with zero attached hydrogens (tertiary/aromatic N) is 2. The zero-order valence-corrected chi connectivity index (χ0v) is 12.4. The van der Waals surface area contributed by atoms with Crippen LogP contribution in [0.1, 0.15) is 25.1 Å². The minimum atomic E-state index is -0.0513. The first-order valence-electron chi connectivity index (χ1n) is 7.54. The highest BCUT2D eigenvalue weighted by Crippen LogP contribution is 2.19. The van der Waals surface area contributed by atoms with Gasteiger partial charge < -0.3 is 4.98 Å². The maximum Gasteiger partial charge on any atom is 0.258 e. The van der Waals surface area contributed by atoms with Crippen molar-refractivity contribution in [3.63, 3.8) is 0 Å². The number of para-hydroxylation sites is 1. The Kier molecular flexibility index (Phi) is 4.15. The fourth-order valence-corrected chi connectivity index (χ4v) is 2.99. The first-order valence-corrected chi connectivity index (χ1v) is 7.54. The molecule has 0 spiro atoms. The zero-order valence-electron chi connectivity index (χ0n) is 12.4. The van der Waals surface area contributed by atoms with E-state index in [0.29, 0.717) is 17.8 Å². The molecule has 4 nitrogen and oxygen atoms in total. The van der Waals surface area contributed by atoms with Gasteiger partial charge in [0.15, 0.2) is 0 Å². The SMILES string of the molecule is CN(Cc1nc2ccccc2c(=O)[nH]1)C[C@@H]1CC=CCC1. The Morgan fingerprint density at radius 1 is 1.33 bits per heavy atom. The van der Waals surface area contributed by atoms with E-state index in [4.69, 9.17) is 0 Å². The fraction of sp³-hybridized carbons (Fsp3) is 0.412. The number of aromatic nitrogens is 2. The van der Waals surface area contributed by atoms with E-state index >= 15 is 0 Å². The smallest absolute Gasteiger partial charge is 0.258 e. The first-order chi connectivity index (χ1) is 10.2. The molecule has 0 saturated carbocycles. The van der Waals surface area contributed by atoms with Gasteiger partial charge in [-0.1, -0.05) is 24.3 Å². The first kappa shape index (κ1) is 14.0. The highest BCUT2D eigenvalue weighted by atomic mass is 16.1. The number of hydrogen-bond donors (Lipinski definition) is 1. The van der Waals surface area contributed by atoms with E-state index in [0.717, 1.165) is 24.3 Å². The Hall–Kier alpha value is -1.94. The fourth-order valence-electron chi connectivity index (χ4n) is 2.99. The Morgan fingerprint density at radius 3 is 3.00 bits per heavy atom. The van der Waals surface area contributed by atoms with Gasteiger partial charge in [-0.15, -0.1) is 0 Å². The third-order valence-electron chi connectivity index (χ3n) is 4.03. The summed E-state index contributed by atoms with van der Waals surface area (Å²) in [6.45, 7) is 1.72. The van der Waals surface area contributed by atoms with Crippen LogP contribution in [0.15, 0.2) is 41.2 Å². The van der Waals surface area contributed by atoms with Crippen LogP contribution < -0.4 is 5.56 Å². The van der Waals surface area contributed by atoms with E-state index in [-0.39, 0.29) is 5.56 Å². The molecule has 110 valence electrons. The normalized spacial score (nSPS) is 18.5. The molecule has 0 saturated heterocycles. The monoisotopic (exact) mass is 283 g/mol. The predicted octanol–water partition coefficient (Wildman–Crippen LogP) is 2.71. The number of benzene rings is 1. The average molecular weight is 283 g/mol.